The molecule has 166 valence electrons. The van der Waals surface area contributed by atoms with Gasteiger partial charge in [-0.1, -0.05) is 42.1 Å². The Bertz CT molecular complexity index is 1490. The summed E-state index contributed by atoms with van der Waals surface area (Å²) in [4.78, 5) is 23.8. The summed E-state index contributed by atoms with van der Waals surface area (Å²) < 4.78 is 2.22. The van der Waals surface area contributed by atoms with Crippen LogP contribution >= 0.6 is 34.4 Å². The minimum Gasteiger partial charge on any atom is -0.309 e. The van der Waals surface area contributed by atoms with Crippen LogP contribution in [0.3, 0.4) is 0 Å². The summed E-state index contributed by atoms with van der Waals surface area (Å²) in [7, 11) is 0. The molecular formula is C24H21N5OS3. The molecule has 1 aliphatic carbocycles. The van der Waals surface area contributed by atoms with Gasteiger partial charge in [-0.15, -0.1) is 32.9 Å². The van der Waals surface area contributed by atoms with E-state index in [1.807, 2.05) is 11.4 Å². The van der Waals surface area contributed by atoms with Gasteiger partial charge in [0.15, 0.2) is 5.16 Å². The molecule has 4 heterocycles. The molecule has 1 N–H and O–H groups in total. The molecule has 4 aromatic heterocycles. The maximum Gasteiger partial charge on any atom is 0.260 e. The first-order valence-corrected chi connectivity index (χ1v) is 13.5. The SMILES string of the molecule is Cc1ccc(-c2csc3nc(CSc4nnc(C5CC5)n4Cc4ccccc4)[nH]c(=O)c23)s1. The first-order chi connectivity index (χ1) is 16.2. The summed E-state index contributed by atoms with van der Waals surface area (Å²) in [6, 6.07) is 14.5. The molecular weight excluding hydrogens is 470 g/mol. The van der Waals surface area contributed by atoms with E-state index in [9.17, 15) is 4.79 Å². The largest absolute Gasteiger partial charge is 0.309 e. The maximum atomic E-state index is 13.0. The van der Waals surface area contributed by atoms with Gasteiger partial charge in [0.2, 0.25) is 0 Å². The first-order valence-electron chi connectivity index (χ1n) is 10.8. The van der Waals surface area contributed by atoms with Crippen LogP contribution in [0.4, 0.5) is 0 Å². The van der Waals surface area contributed by atoms with Crippen molar-refractivity contribution in [1.82, 2.24) is 24.7 Å². The number of nitrogens with zero attached hydrogens (tertiary/aromatic N) is 4. The summed E-state index contributed by atoms with van der Waals surface area (Å²) in [5, 5.41) is 12.6. The van der Waals surface area contributed by atoms with E-state index in [1.165, 1.54) is 34.6 Å². The van der Waals surface area contributed by atoms with Crippen molar-refractivity contribution in [3.05, 3.63) is 80.3 Å². The van der Waals surface area contributed by atoms with Gasteiger partial charge in [0, 0.05) is 26.6 Å². The summed E-state index contributed by atoms with van der Waals surface area (Å²) in [5.74, 6) is 2.77. The van der Waals surface area contributed by atoms with Gasteiger partial charge in [-0.05, 0) is 37.5 Å². The van der Waals surface area contributed by atoms with Crippen molar-refractivity contribution in [2.45, 2.75) is 43.1 Å². The Morgan fingerprint density at radius 1 is 1.15 bits per heavy atom. The highest BCUT2D eigenvalue weighted by molar-refractivity contribution is 7.98. The van der Waals surface area contributed by atoms with E-state index in [1.54, 1.807) is 23.1 Å². The molecule has 6 nitrogen and oxygen atoms in total. The molecule has 9 heteroatoms. The summed E-state index contributed by atoms with van der Waals surface area (Å²) in [5.41, 5.74) is 2.11. The maximum absolute atomic E-state index is 13.0. The predicted molar refractivity (Wildman–Crippen MR) is 135 cm³/mol. The Balaban J connectivity index is 1.27. The number of H-pyrrole nitrogens is 1. The normalized spacial score (nSPS) is 13.7. The number of nitrogens with one attached hydrogen (secondary N) is 1. The van der Waals surface area contributed by atoms with Gasteiger partial charge in [0.25, 0.3) is 5.56 Å². The molecule has 1 aliphatic rings. The first kappa shape index (κ1) is 20.8. The molecule has 0 aliphatic heterocycles. The van der Waals surface area contributed by atoms with Crippen molar-refractivity contribution in [2.75, 3.05) is 0 Å². The third kappa shape index (κ3) is 4.16. The second-order valence-corrected chi connectivity index (χ2v) is 11.3. The molecule has 0 amide bonds. The number of rotatable bonds is 7. The summed E-state index contributed by atoms with van der Waals surface area (Å²) in [6.07, 6.45) is 2.35. The van der Waals surface area contributed by atoms with Crippen LogP contribution in [0.5, 0.6) is 0 Å². The molecule has 1 aromatic carbocycles. The van der Waals surface area contributed by atoms with Gasteiger partial charge in [0.1, 0.15) is 16.5 Å². The van der Waals surface area contributed by atoms with Gasteiger partial charge in [-0.2, -0.15) is 0 Å². The van der Waals surface area contributed by atoms with Crippen LogP contribution in [-0.2, 0) is 12.3 Å². The number of aromatic amines is 1. The molecule has 33 heavy (non-hydrogen) atoms. The van der Waals surface area contributed by atoms with Crippen molar-refractivity contribution in [2.24, 2.45) is 0 Å². The lowest BCUT2D eigenvalue weighted by atomic mass is 10.2. The zero-order chi connectivity index (χ0) is 22.4. The Hall–Kier alpha value is -2.75. The highest BCUT2D eigenvalue weighted by atomic mass is 32.2. The smallest absolute Gasteiger partial charge is 0.260 e. The van der Waals surface area contributed by atoms with Crippen LogP contribution < -0.4 is 5.56 Å². The number of aryl methyl sites for hydroxylation is 1. The fraction of sp³-hybridized carbons (Fsp3) is 0.250. The predicted octanol–water partition coefficient (Wildman–Crippen LogP) is 5.83. The average molecular weight is 492 g/mol. The van der Waals surface area contributed by atoms with Gasteiger partial charge in [0.05, 0.1) is 17.7 Å². The van der Waals surface area contributed by atoms with Crippen molar-refractivity contribution in [3.8, 4) is 10.4 Å². The lowest BCUT2D eigenvalue weighted by molar-refractivity contribution is 0.667. The lowest BCUT2D eigenvalue weighted by Crippen LogP contribution is -2.11. The molecule has 1 saturated carbocycles. The molecule has 0 atom stereocenters. The van der Waals surface area contributed by atoms with E-state index in [0.717, 1.165) is 32.8 Å². The number of fused-ring (bicyclic) bond motifs is 1. The van der Waals surface area contributed by atoms with Crippen LogP contribution in [0, 0.1) is 6.92 Å². The Morgan fingerprint density at radius 3 is 2.76 bits per heavy atom. The third-order valence-electron chi connectivity index (χ3n) is 5.71. The zero-order valence-corrected chi connectivity index (χ0v) is 20.4. The van der Waals surface area contributed by atoms with Crippen LogP contribution in [-0.4, -0.2) is 24.7 Å². The minimum atomic E-state index is -0.0812. The third-order valence-corrected chi connectivity index (χ3v) is 8.59. The van der Waals surface area contributed by atoms with Gasteiger partial charge >= 0.3 is 0 Å². The molecule has 1 fully saturated rings. The molecule has 0 bridgehead atoms. The van der Waals surface area contributed by atoms with E-state index in [-0.39, 0.29) is 5.56 Å². The summed E-state index contributed by atoms with van der Waals surface area (Å²) >= 11 is 4.79. The quantitative estimate of drug-likeness (QED) is 0.290. The van der Waals surface area contributed by atoms with E-state index < -0.39 is 0 Å². The Labute approximate surface area is 202 Å². The Kier molecular flexibility index (Phi) is 5.40. The van der Waals surface area contributed by atoms with Crippen LogP contribution in [0.15, 0.2) is 57.8 Å². The van der Waals surface area contributed by atoms with Crippen molar-refractivity contribution < 1.29 is 0 Å². The topological polar surface area (TPSA) is 76.5 Å². The molecule has 5 aromatic rings. The van der Waals surface area contributed by atoms with Crippen molar-refractivity contribution in [1.29, 1.82) is 0 Å². The number of aromatic nitrogens is 5. The number of benzene rings is 1. The Morgan fingerprint density at radius 2 is 2.00 bits per heavy atom. The molecule has 0 unspecified atom stereocenters. The lowest BCUT2D eigenvalue weighted by Gasteiger charge is -2.10. The van der Waals surface area contributed by atoms with Crippen LogP contribution in [0.1, 0.15) is 40.8 Å². The highest BCUT2D eigenvalue weighted by Gasteiger charge is 2.30. The van der Waals surface area contributed by atoms with Gasteiger partial charge in [-0.3, -0.25) is 4.79 Å². The van der Waals surface area contributed by atoms with E-state index >= 15 is 0 Å². The number of hydrogen-bond donors (Lipinski definition) is 1. The standard InChI is InChI=1S/C24H21N5OS3/c1-14-7-10-18(33-14)17-12-31-23-20(17)22(30)25-19(26-23)13-32-24-28-27-21(16-8-9-16)29(24)11-15-5-3-2-4-6-15/h2-7,10,12,16H,8-9,11,13H2,1H3,(H,25,26,30). The van der Waals surface area contributed by atoms with Crippen molar-refractivity contribution >= 4 is 44.7 Å². The molecule has 0 saturated heterocycles. The number of thioether (sulfide) groups is 1. The van der Waals surface area contributed by atoms with Gasteiger partial charge in [-0.25, -0.2) is 4.98 Å². The minimum absolute atomic E-state index is 0.0812. The fourth-order valence-electron chi connectivity index (χ4n) is 3.92. The van der Waals surface area contributed by atoms with E-state index in [4.69, 9.17) is 4.98 Å². The van der Waals surface area contributed by atoms with E-state index in [0.29, 0.717) is 22.9 Å². The molecule has 0 radical (unpaired) electrons. The monoisotopic (exact) mass is 491 g/mol. The number of thiophene rings is 2. The average Bonchev–Trinajstić information content (AvgIpc) is 3.22. The van der Waals surface area contributed by atoms with Crippen LogP contribution in [0.25, 0.3) is 20.7 Å². The fourth-order valence-corrected chi connectivity index (χ4v) is 6.66. The molecule has 6 rings (SSSR count). The van der Waals surface area contributed by atoms with Gasteiger partial charge < -0.3 is 9.55 Å². The van der Waals surface area contributed by atoms with E-state index in [2.05, 4.69) is 63.1 Å². The van der Waals surface area contributed by atoms with Crippen LogP contribution in [0.2, 0.25) is 0 Å². The zero-order valence-electron chi connectivity index (χ0n) is 17.9. The summed E-state index contributed by atoms with van der Waals surface area (Å²) in [6.45, 7) is 2.82. The molecule has 0 spiro atoms. The number of hydrogen-bond acceptors (Lipinski definition) is 7. The van der Waals surface area contributed by atoms with Crippen molar-refractivity contribution in [3.63, 3.8) is 0 Å². The second-order valence-electron chi connectivity index (χ2n) is 8.23. The highest BCUT2D eigenvalue weighted by Crippen LogP contribution is 2.40. The second kappa shape index (κ2) is 8.55.